The molecule has 1 heterocycles. The van der Waals surface area contributed by atoms with Crippen LogP contribution in [-0.2, 0) is 0 Å². The van der Waals surface area contributed by atoms with E-state index in [9.17, 15) is 0 Å². The van der Waals surface area contributed by atoms with Crippen LogP contribution < -0.4 is 9.47 Å². The highest BCUT2D eigenvalue weighted by Crippen LogP contribution is 2.23. The van der Waals surface area contributed by atoms with Gasteiger partial charge in [-0.3, -0.25) is 0 Å². The number of rotatable bonds is 7. The van der Waals surface area contributed by atoms with E-state index >= 15 is 0 Å². The predicted octanol–water partition coefficient (Wildman–Crippen LogP) is 4.79. The molecule has 2 aromatic carbocycles. The van der Waals surface area contributed by atoms with Gasteiger partial charge in [-0.15, -0.1) is 0 Å². The summed E-state index contributed by atoms with van der Waals surface area (Å²) in [6.45, 7) is 0.669. The Hall–Kier alpha value is -1.85. The van der Waals surface area contributed by atoms with Crippen LogP contribution in [0.1, 0.15) is 6.42 Å². The van der Waals surface area contributed by atoms with Gasteiger partial charge in [0.15, 0.2) is 5.16 Å². The molecule has 0 bridgehead atoms. The number of ether oxygens (including phenoxy) is 2. The van der Waals surface area contributed by atoms with E-state index in [1.807, 2.05) is 42.5 Å². The van der Waals surface area contributed by atoms with Crippen LogP contribution in [0.5, 0.6) is 11.5 Å². The summed E-state index contributed by atoms with van der Waals surface area (Å²) in [4.78, 5) is 7.85. The largest absolute Gasteiger partial charge is 0.497 e. The fourth-order valence-electron chi connectivity index (χ4n) is 2.11. The Morgan fingerprint density at radius 2 is 1.91 bits per heavy atom. The number of methoxy groups -OCH3 is 1. The summed E-state index contributed by atoms with van der Waals surface area (Å²) < 4.78 is 10.9. The first-order valence-electron chi connectivity index (χ1n) is 7.29. The van der Waals surface area contributed by atoms with Crippen molar-refractivity contribution in [1.29, 1.82) is 0 Å². The molecule has 4 nitrogen and oxygen atoms in total. The molecule has 0 aliphatic heterocycles. The molecule has 0 amide bonds. The van der Waals surface area contributed by atoms with Gasteiger partial charge in [-0.2, -0.15) is 0 Å². The number of nitrogens with one attached hydrogen (secondary N) is 1. The lowest BCUT2D eigenvalue weighted by molar-refractivity contribution is 0.318. The van der Waals surface area contributed by atoms with Gasteiger partial charge in [0.1, 0.15) is 11.5 Å². The smallest absolute Gasteiger partial charge is 0.166 e. The van der Waals surface area contributed by atoms with Gasteiger partial charge in [-0.1, -0.05) is 23.4 Å². The topological polar surface area (TPSA) is 47.1 Å². The molecule has 0 saturated carbocycles. The Bertz CT molecular complexity index is 774. The molecule has 0 unspecified atom stereocenters. The van der Waals surface area contributed by atoms with Gasteiger partial charge < -0.3 is 14.5 Å². The lowest BCUT2D eigenvalue weighted by Gasteiger charge is -2.05. The molecule has 0 aliphatic rings. The van der Waals surface area contributed by atoms with Crippen molar-refractivity contribution in [1.82, 2.24) is 9.97 Å². The number of nitrogens with zero attached hydrogens (tertiary/aromatic N) is 1. The summed E-state index contributed by atoms with van der Waals surface area (Å²) in [6, 6.07) is 13.2. The molecule has 0 atom stereocenters. The van der Waals surface area contributed by atoms with E-state index in [0.717, 1.165) is 44.9 Å². The zero-order valence-corrected chi connectivity index (χ0v) is 14.3. The SMILES string of the molecule is COc1ccc2nc(SCCCOc3ccc(Cl)cc3)[nH]c2c1. The maximum atomic E-state index is 5.84. The minimum absolute atomic E-state index is 0.669. The van der Waals surface area contributed by atoms with E-state index in [1.54, 1.807) is 18.9 Å². The minimum atomic E-state index is 0.669. The fraction of sp³-hybridized carbons (Fsp3) is 0.235. The summed E-state index contributed by atoms with van der Waals surface area (Å²) in [5.74, 6) is 2.61. The van der Waals surface area contributed by atoms with Crippen molar-refractivity contribution in [2.75, 3.05) is 19.5 Å². The normalized spacial score (nSPS) is 10.9. The summed E-state index contributed by atoms with van der Waals surface area (Å²) in [6.07, 6.45) is 0.938. The predicted molar refractivity (Wildman–Crippen MR) is 94.9 cm³/mol. The zero-order chi connectivity index (χ0) is 16.1. The third kappa shape index (κ3) is 4.33. The van der Waals surface area contributed by atoms with Crippen molar-refractivity contribution in [3.05, 3.63) is 47.5 Å². The van der Waals surface area contributed by atoms with E-state index in [0.29, 0.717) is 6.61 Å². The van der Waals surface area contributed by atoms with Gasteiger partial charge in [0.25, 0.3) is 0 Å². The fourth-order valence-corrected chi connectivity index (χ4v) is 3.04. The second-order valence-electron chi connectivity index (χ2n) is 4.93. The van der Waals surface area contributed by atoms with Gasteiger partial charge in [0.05, 0.1) is 24.8 Å². The summed E-state index contributed by atoms with van der Waals surface area (Å²) in [7, 11) is 1.66. The number of halogens is 1. The van der Waals surface area contributed by atoms with E-state index < -0.39 is 0 Å². The molecule has 3 rings (SSSR count). The van der Waals surface area contributed by atoms with Crippen LogP contribution >= 0.6 is 23.4 Å². The van der Waals surface area contributed by atoms with Crippen LogP contribution in [0.15, 0.2) is 47.6 Å². The first kappa shape index (κ1) is 16.0. The third-order valence-electron chi connectivity index (χ3n) is 3.28. The number of aromatic nitrogens is 2. The Labute approximate surface area is 144 Å². The molecule has 23 heavy (non-hydrogen) atoms. The van der Waals surface area contributed by atoms with Crippen LogP contribution in [0.4, 0.5) is 0 Å². The van der Waals surface area contributed by atoms with Crippen LogP contribution in [0.2, 0.25) is 5.02 Å². The average molecular weight is 349 g/mol. The molecule has 1 N–H and O–H groups in total. The van der Waals surface area contributed by atoms with Crippen molar-refractivity contribution in [3.8, 4) is 11.5 Å². The van der Waals surface area contributed by atoms with Crippen molar-refractivity contribution in [2.24, 2.45) is 0 Å². The number of H-pyrrole nitrogens is 1. The molecular formula is C17H17ClN2O2S. The van der Waals surface area contributed by atoms with Crippen LogP contribution in [-0.4, -0.2) is 29.4 Å². The molecule has 120 valence electrons. The van der Waals surface area contributed by atoms with Gasteiger partial charge in [0.2, 0.25) is 0 Å². The molecule has 0 spiro atoms. The first-order valence-corrected chi connectivity index (χ1v) is 8.66. The average Bonchev–Trinajstić information content (AvgIpc) is 2.98. The molecule has 0 radical (unpaired) electrons. The minimum Gasteiger partial charge on any atom is -0.497 e. The van der Waals surface area contributed by atoms with Crippen LogP contribution in [0.25, 0.3) is 11.0 Å². The highest BCUT2D eigenvalue weighted by atomic mass is 35.5. The Morgan fingerprint density at radius 3 is 2.70 bits per heavy atom. The van der Waals surface area contributed by atoms with E-state index in [2.05, 4.69) is 9.97 Å². The molecule has 0 aliphatic carbocycles. The van der Waals surface area contributed by atoms with Crippen molar-refractivity contribution in [2.45, 2.75) is 11.6 Å². The van der Waals surface area contributed by atoms with E-state index in [1.165, 1.54) is 0 Å². The highest BCUT2D eigenvalue weighted by Gasteiger charge is 2.04. The Kier molecular flexibility index (Phi) is 5.31. The maximum absolute atomic E-state index is 5.84. The first-order chi connectivity index (χ1) is 11.2. The number of hydrogen-bond acceptors (Lipinski definition) is 4. The second-order valence-corrected chi connectivity index (χ2v) is 6.45. The van der Waals surface area contributed by atoms with Crippen molar-refractivity contribution >= 4 is 34.4 Å². The van der Waals surface area contributed by atoms with Gasteiger partial charge in [-0.05, 0) is 42.8 Å². The standard InChI is InChI=1S/C17H17ClN2O2S/c1-21-14-7-8-15-16(11-14)20-17(19-15)23-10-2-9-22-13-5-3-12(18)4-6-13/h3-8,11H,2,9-10H2,1H3,(H,19,20). The summed E-state index contributed by atoms with van der Waals surface area (Å²) in [5, 5.41) is 1.63. The van der Waals surface area contributed by atoms with Gasteiger partial charge >= 0.3 is 0 Å². The van der Waals surface area contributed by atoms with Crippen molar-refractivity contribution < 1.29 is 9.47 Å². The van der Waals surface area contributed by atoms with Crippen molar-refractivity contribution in [3.63, 3.8) is 0 Å². The van der Waals surface area contributed by atoms with Crippen LogP contribution in [0.3, 0.4) is 0 Å². The molecule has 6 heteroatoms. The van der Waals surface area contributed by atoms with E-state index in [-0.39, 0.29) is 0 Å². The quantitative estimate of drug-likeness (QED) is 0.492. The number of hydrogen-bond donors (Lipinski definition) is 1. The lowest BCUT2D eigenvalue weighted by Crippen LogP contribution is -1.98. The number of fused-ring (bicyclic) bond motifs is 1. The number of imidazole rings is 1. The van der Waals surface area contributed by atoms with Gasteiger partial charge in [-0.25, -0.2) is 4.98 Å². The maximum Gasteiger partial charge on any atom is 0.166 e. The highest BCUT2D eigenvalue weighted by molar-refractivity contribution is 7.99. The number of aromatic amines is 1. The molecular weight excluding hydrogens is 332 g/mol. The Balaban J connectivity index is 1.46. The second kappa shape index (κ2) is 7.62. The number of benzene rings is 2. The van der Waals surface area contributed by atoms with Crippen LogP contribution in [0, 0.1) is 0 Å². The van der Waals surface area contributed by atoms with E-state index in [4.69, 9.17) is 21.1 Å². The Morgan fingerprint density at radius 1 is 1.13 bits per heavy atom. The zero-order valence-electron chi connectivity index (χ0n) is 12.7. The molecule has 3 aromatic rings. The summed E-state index contributed by atoms with van der Waals surface area (Å²) >= 11 is 7.53. The molecule has 0 saturated heterocycles. The lowest BCUT2D eigenvalue weighted by atomic mass is 10.3. The molecule has 0 fully saturated rings. The summed E-state index contributed by atoms with van der Waals surface area (Å²) in [5.41, 5.74) is 1.94. The number of thioether (sulfide) groups is 1. The van der Waals surface area contributed by atoms with Gasteiger partial charge in [0, 0.05) is 16.8 Å². The molecule has 1 aromatic heterocycles. The third-order valence-corrected chi connectivity index (χ3v) is 4.49. The monoisotopic (exact) mass is 348 g/mol.